The Morgan fingerprint density at radius 2 is 1.92 bits per heavy atom. The van der Waals surface area contributed by atoms with Crippen LogP contribution in [0.3, 0.4) is 0 Å². The molecule has 0 radical (unpaired) electrons. The van der Waals surface area contributed by atoms with Crippen LogP contribution in [-0.2, 0) is 12.0 Å². The summed E-state index contributed by atoms with van der Waals surface area (Å²) < 4.78 is 0. The van der Waals surface area contributed by atoms with Gasteiger partial charge in [0.05, 0.1) is 0 Å². The van der Waals surface area contributed by atoms with E-state index < -0.39 is 0 Å². The largest absolute Gasteiger partial charge is 0.355 e. The van der Waals surface area contributed by atoms with E-state index in [9.17, 15) is 0 Å². The summed E-state index contributed by atoms with van der Waals surface area (Å²) in [5.41, 5.74) is 3.02. The third-order valence-corrected chi connectivity index (χ3v) is 5.18. The highest BCUT2D eigenvalue weighted by atomic mass is 15.2. The zero-order valence-corrected chi connectivity index (χ0v) is 15.9. The van der Waals surface area contributed by atoms with Crippen molar-refractivity contribution in [1.29, 1.82) is 0 Å². The highest BCUT2D eigenvalue weighted by Gasteiger charge is 2.24. The molecule has 1 saturated heterocycles. The SMILES string of the molecule is CN(c1ccncn1)C1CCCN(Cc2ccc(C(C)(C)C)cc2)C1. The van der Waals surface area contributed by atoms with Gasteiger partial charge in [0.25, 0.3) is 0 Å². The van der Waals surface area contributed by atoms with Crippen LogP contribution in [0.2, 0.25) is 0 Å². The zero-order valence-electron chi connectivity index (χ0n) is 15.9. The minimum atomic E-state index is 0.217. The van der Waals surface area contributed by atoms with Crippen LogP contribution in [0.25, 0.3) is 0 Å². The van der Waals surface area contributed by atoms with Crippen LogP contribution in [0.1, 0.15) is 44.7 Å². The van der Waals surface area contributed by atoms with Gasteiger partial charge in [-0.25, -0.2) is 9.97 Å². The first kappa shape index (κ1) is 17.9. The molecule has 1 aliphatic rings. The van der Waals surface area contributed by atoms with Gasteiger partial charge in [-0.3, -0.25) is 4.90 Å². The molecule has 134 valence electrons. The molecule has 1 aromatic heterocycles. The summed E-state index contributed by atoms with van der Waals surface area (Å²) in [5, 5.41) is 0. The van der Waals surface area contributed by atoms with Crippen molar-refractivity contribution in [1.82, 2.24) is 14.9 Å². The molecule has 25 heavy (non-hydrogen) atoms. The van der Waals surface area contributed by atoms with Gasteiger partial charge < -0.3 is 4.90 Å². The predicted molar refractivity (Wildman–Crippen MR) is 104 cm³/mol. The second-order valence-corrected chi connectivity index (χ2v) is 8.16. The number of likely N-dealkylation sites (tertiary alicyclic amines) is 1. The van der Waals surface area contributed by atoms with Crippen LogP contribution in [0.4, 0.5) is 5.82 Å². The quantitative estimate of drug-likeness (QED) is 0.847. The maximum atomic E-state index is 4.39. The van der Waals surface area contributed by atoms with E-state index in [1.54, 1.807) is 6.33 Å². The lowest BCUT2D eigenvalue weighted by Gasteiger charge is -2.38. The summed E-state index contributed by atoms with van der Waals surface area (Å²) in [4.78, 5) is 13.3. The molecule has 1 unspecified atom stereocenters. The molecule has 0 spiro atoms. The van der Waals surface area contributed by atoms with Crippen LogP contribution < -0.4 is 4.90 Å². The van der Waals surface area contributed by atoms with E-state index in [2.05, 4.69) is 71.9 Å². The lowest BCUT2D eigenvalue weighted by Crippen LogP contribution is -2.46. The first-order chi connectivity index (χ1) is 11.9. The molecule has 2 aromatic rings. The highest BCUT2D eigenvalue weighted by molar-refractivity contribution is 5.37. The number of anilines is 1. The maximum absolute atomic E-state index is 4.39. The summed E-state index contributed by atoms with van der Waals surface area (Å²) >= 11 is 0. The number of hydrogen-bond acceptors (Lipinski definition) is 4. The van der Waals surface area contributed by atoms with Crippen LogP contribution >= 0.6 is 0 Å². The Hall–Kier alpha value is -1.94. The zero-order chi connectivity index (χ0) is 17.9. The molecule has 4 nitrogen and oxygen atoms in total. The Morgan fingerprint density at radius 1 is 1.16 bits per heavy atom. The average Bonchev–Trinajstić information content (AvgIpc) is 2.62. The van der Waals surface area contributed by atoms with E-state index in [1.165, 1.54) is 30.5 Å². The van der Waals surface area contributed by atoms with Crippen LogP contribution in [0.15, 0.2) is 42.9 Å². The third kappa shape index (κ3) is 4.57. The van der Waals surface area contributed by atoms with Crippen LogP contribution in [-0.4, -0.2) is 41.0 Å². The van der Waals surface area contributed by atoms with E-state index in [-0.39, 0.29) is 5.41 Å². The number of piperidine rings is 1. The summed E-state index contributed by atoms with van der Waals surface area (Å²) in [6, 6.07) is 11.6. The molecule has 0 amide bonds. The Balaban J connectivity index is 1.62. The van der Waals surface area contributed by atoms with Crippen molar-refractivity contribution in [3.63, 3.8) is 0 Å². The second-order valence-electron chi connectivity index (χ2n) is 8.16. The van der Waals surface area contributed by atoms with E-state index >= 15 is 0 Å². The molecule has 0 bridgehead atoms. The molecule has 0 saturated carbocycles. The van der Waals surface area contributed by atoms with Gasteiger partial charge in [0, 0.05) is 32.4 Å². The van der Waals surface area contributed by atoms with E-state index in [0.29, 0.717) is 6.04 Å². The number of aromatic nitrogens is 2. The topological polar surface area (TPSA) is 32.3 Å². The summed E-state index contributed by atoms with van der Waals surface area (Å²) in [5.74, 6) is 1.01. The molecule has 2 heterocycles. The Labute approximate surface area is 151 Å². The van der Waals surface area contributed by atoms with Crippen molar-refractivity contribution in [2.75, 3.05) is 25.0 Å². The average molecular weight is 338 g/mol. The van der Waals surface area contributed by atoms with Crippen molar-refractivity contribution in [2.45, 2.75) is 51.6 Å². The van der Waals surface area contributed by atoms with Crippen molar-refractivity contribution in [3.8, 4) is 0 Å². The fourth-order valence-electron chi connectivity index (χ4n) is 3.54. The molecule has 3 rings (SSSR count). The van der Waals surface area contributed by atoms with E-state index in [1.807, 2.05) is 12.3 Å². The molecular formula is C21H30N4. The van der Waals surface area contributed by atoms with Crippen LogP contribution in [0, 0.1) is 0 Å². The molecule has 1 atom stereocenters. The van der Waals surface area contributed by atoms with E-state index in [4.69, 9.17) is 0 Å². The molecule has 4 heteroatoms. The third-order valence-electron chi connectivity index (χ3n) is 5.18. The fourth-order valence-corrected chi connectivity index (χ4v) is 3.54. The maximum Gasteiger partial charge on any atom is 0.131 e. The van der Waals surface area contributed by atoms with Crippen molar-refractivity contribution in [3.05, 3.63) is 54.0 Å². The number of likely N-dealkylation sites (N-methyl/N-ethyl adjacent to an activating group) is 1. The first-order valence-electron chi connectivity index (χ1n) is 9.24. The molecule has 0 N–H and O–H groups in total. The van der Waals surface area contributed by atoms with Gasteiger partial charge in [-0.2, -0.15) is 0 Å². The van der Waals surface area contributed by atoms with Gasteiger partial charge in [0.15, 0.2) is 0 Å². The van der Waals surface area contributed by atoms with Gasteiger partial charge in [-0.05, 0) is 42.0 Å². The minimum absolute atomic E-state index is 0.217. The number of rotatable bonds is 4. The van der Waals surface area contributed by atoms with Gasteiger partial charge in [0.2, 0.25) is 0 Å². The smallest absolute Gasteiger partial charge is 0.131 e. The molecule has 0 aliphatic carbocycles. The fraction of sp³-hybridized carbons (Fsp3) is 0.524. The van der Waals surface area contributed by atoms with Gasteiger partial charge in [-0.15, -0.1) is 0 Å². The van der Waals surface area contributed by atoms with Crippen molar-refractivity contribution >= 4 is 5.82 Å². The molecular weight excluding hydrogens is 308 g/mol. The van der Waals surface area contributed by atoms with E-state index in [0.717, 1.165) is 18.9 Å². The number of benzene rings is 1. The monoisotopic (exact) mass is 338 g/mol. The van der Waals surface area contributed by atoms with Crippen molar-refractivity contribution < 1.29 is 0 Å². The van der Waals surface area contributed by atoms with Gasteiger partial charge >= 0.3 is 0 Å². The highest BCUT2D eigenvalue weighted by Crippen LogP contribution is 2.24. The van der Waals surface area contributed by atoms with Gasteiger partial charge in [0.1, 0.15) is 12.1 Å². The normalized spacial score (nSPS) is 19.0. The second kappa shape index (κ2) is 7.52. The van der Waals surface area contributed by atoms with Crippen molar-refractivity contribution in [2.24, 2.45) is 0 Å². The lowest BCUT2D eigenvalue weighted by molar-refractivity contribution is 0.198. The summed E-state index contributed by atoms with van der Waals surface area (Å²) in [7, 11) is 2.15. The first-order valence-corrected chi connectivity index (χ1v) is 9.24. The molecule has 1 aromatic carbocycles. The Bertz CT molecular complexity index is 661. The standard InChI is InChI=1S/C21H30N4/c1-21(2,3)18-9-7-17(8-10-18)14-25-13-5-6-19(15-25)24(4)20-11-12-22-16-23-20/h7-12,16,19H,5-6,13-15H2,1-4H3. The van der Waals surface area contributed by atoms with Gasteiger partial charge in [-0.1, -0.05) is 45.0 Å². The van der Waals surface area contributed by atoms with Crippen LogP contribution in [0.5, 0.6) is 0 Å². The lowest BCUT2D eigenvalue weighted by atomic mass is 9.86. The Kier molecular flexibility index (Phi) is 5.38. The molecule has 1 aliphatic heterocycles. The molecule has 1 fully saturated rings. The predicted octanol–water partition coefficient (Wildman–Crippen LogP) is 3.87. The minimum Gasteiger partial charge on any atom is -0.355 e. The summed E-state index contributed by atoms with van der Waals surface area (Å²) in [6.45, 7) is 10.1. The number of hydrogen-bond donors (Lipinski definition) is 0. The summed E-state index contributed by atoms with van der Waals surface area (Å²) in [6.07, 6.45) is 5.90. The Morgan fingerprint density at radius 3 is 2.56 bits per heavy atom. The number of nitrogens with zero attached hydrogens (tertiary/aromatic N) is 4.